The van der Waals surface area contributed by atoms with E-state index in [9.17, 15) is 4.79 Å². The van der Waals surface area contributed by atoms with E-state index in [1.54, 1.807) is 17.6 Å². The molecule has 0 aliphatic carbocycles. The van der Waals surface area contributed by atoms with Gasteiger partial charge in [0.2, 0.25) is 6.41 Å². The molecule has 0 spiro atoms. The van der Waals surface area contributed by atoms with Crippen LogP contribution < -0.4 is 5.43 Å². The van der Waals surface area contributed by atoms with Crippen LogP contribution in [0.2, 0.25) is 0 Å². The molecule has 0 radical (unpaired) electrons. The minimum absolute atomic E-state index is 0.541. The van der Waals surface area contributed by atoms with Crippen molar-refractivity contribution in [1.82, 2.24) is 5.43 Å². The summed E-state index contributed by atoms with van der Waals surface area (Å²) in [7, 11) is 0. The van der Waals surface area contributed by atoms with E-state index in [1.165, 1.54) is 5.56 Å². The summed E-state index contributed by atoms with van der Waals surface area (Å²) < 4.78 is 0. The van der Waals surface area contributed by atoms with Crippen LogP contribution >= 0.6 is 11.3 Å². The summed E-state index contributed by atoms with van der Waals surface area (Å²) in [4.78, 5) is 10.9. The number of carbonyl (C=O) groups is 1. The van der Waals surface area contributed by atoms with Crippen molar-refractivity contribution in [3.05, 3.63) is 21.9 Å². The standard InChI is InChI=1S/C7H8N2OS/c1-6-2-3-11-7(6)4-8-9-5-10/h2-5H,1H3,(H,9,10)/b8-4-. The first-order valence-electron chi connectivity index (χ1n) is 3.11. The van der Waals surface area contributed by atoms with Gasteiger partial charge in [0.25, 0.3) is 0 Å². The molecule has 1 amide bonds. The maximum atomic E-state index is 9.80. The second kappa shape index (κ2) is 3.88. The average Bonchev–Trinajstić information content (AvgIpc) is 2.37. The lowest BCUT2D eigenvalue weighted by atomic mass is 10.3. The van der Waals surface area contributed by atoms with Crippen molar-refractivity contribution in [2.45, 2.75) is 6.92 Å². The number of rotatable bonds is 3. The van der Waals surface area contributed by atoms with E-state index in [-0.39, 0.29) is 0 Å². The van der Waals surface area contributed by atoms with Crippen LogP contribution in [0.3, 0.4) is 0 Å². The van der Waals surface area contributed by atoms with E-state index in [0.29, 0.717) is 6.41 Å². The van der Waals surface area contributed by atoms with Crippen molar-refractivity contribution in [2.75, 3.05) is 0 Å². The second-order valence-corrected chi connectivity index (χ2v) is 2.92. The fourth-order valence-corrected chi connectivity index (χ4v) is 1.43. The third-order valence-electron chi connectivity index (χ3n) is 1.21. The van der Waals surface area contributed by atoms with Gasteiger partial charge in [-0.15, -0.1) is 11.3 Å². The molecular weight excluding hydrogens is 160 g/mol. The number of aryl methyl sites for hydroxylation is 1. The van der Waals surface area contributed by atoms with Gasteiger partial charge < -0.3 is 0 Å². The maximum Gasteiger partial charge on any atom is 0.227 e. The first-order chi connectivity index (χ1) is 5.34. The lowest BCUT2D eigenvalue weighted by molar-refractivity contribution is -0.109. The molecule has 1 aromatic heterocycles. The molecule has 0 bridgehead atoms. The second-order valence-electron chi connectivity index (χ2n) is 1.97. The van der Waals surface area contributed by atoms with Crippen molar-refractivity contribution >= 4 is 24.0 Å². The quantitative estimate of drug-likeness (QED) is 0.410. The Morgan fingerprint density at radius 3 is 3.09 bits per heavy atom. The smallest absolute Gasteiger partial charge is 0.227 e. The molecule has 1 aromatic rings. The van der Waals surface area contributed by atoms with Gasteiger partial charge in [-0.3, -0.25) is 4.79 Å². The number of thiophene rings is 1. The molecule has 0 aromatic carbocycles. The van der Waals surface area contributed by atoms with Gasteiger partial charge in [-0.1, -0.05) is 0 Å². The van der Waals surface area contributed by atoms with E-state index in [1.807, 2.05) is 18.4 Å². The van der Waals surface area contributed by atoms with Crippen molar-refractivity contribution in [3.63, 3.8) is 0 Å². The largest absolute Gasteiger partial charge is 0.277 e. The Hall–Kier alpha value is -1.16. The van der Waals surface area contributed by atoms with E-state index in [0.717, 1.165) is 4.88 Å². The van der Waals surface area contributed by atoms with Crippen LogP contribution in [-0.4, -0.2) is 12.6 Å². The van der Waals surface area contributed by atoms with Gasteiger partial charge in [0.05, 0.1) is 6.21 Å². The highest BCUT2D eigenvalue weighted by molar-refractivity contribution is 7.11. The Kier molecular flexibility index (Phi) is 2.80. The molecule has 1 N–H and O–H groups in total. The third kappa shape index (κ3) is 2.16. The van der Waals surface area contributed by atoms with Crippen LogP contribution in [-0.2, 0) is 4.79 Å². The normalized spacial score (nSPS) is 10.3. The van der Waals surface area contributed by atoms with Gasteiger partial charge >= 0.3 is 0 Å². The molecule has 0 unspecified atom stereocenters. The Morgan fingerprint density at radius 2 is 2.55 bits per heavy atom. The van der Waals surface area contributed by atoms with Crippen molar-refractivity contribution in [1.29, 1.82) is 0 Å². The fraction of sp³-hybridized carbons (Fsp3) is 0.143. The zero-order chi connectivity index (χ0) is 8.10. The van der Waals surface area contributed by atoms with E-state index < -0.39 is 0 Å². The van der Waals surface area contributed by atoms with Crippen molar-refractivity contribution in [2.24, 2.45) is 5.10 Å². The first kappa shape index (κ1) is 7.94. The Labute approximate surface area is 68.7 Å². The minimum Gasteiger partial charge on any atom is -0.277 e. The molecule has 0 saturated heterocycles. The maximum absolute atomic E-state index is 9.80. The summed E-state index contributed by atoms with van der Waals surface area (Å²) in [5.74, 6) is 0. The van der Waals surface area contributed by atoms with Crippen LogP contribution in [0.15, 0.2) is 16.5 Å². The Balaban J connectivity index is 2.63. The summed E-state index contributed by atoms with van der Waals surface area (Å²) in [6, 6.07) is 2.01. The topological polar surface area (TPSA) is 41.5 Å². The first-order valence-corrected chi connectivity index (χ1v) is 3.99. The Bertz CT molecular complexity index is 267. The highest BCUT2D eigenvalue weighted by Gasteiger charge is 1.93. The molecule has 0 fully saturated rings. The predicted molar refractivity (Wildman–Crippen MR) is 45.8 cm³/mol. The lowest BCUT2D eigenvalue weighted by Gasteiger charge is -1.86. The summed E-state index contributed by atoms with van der Waals surface area (Å²) >= 11 is 1.59. The zero-order valence-electron chi connectivity index (χ0n) is 6.07. The van der Waals surface area contributed by atoms with Crippen LogP contribution in [0.25, 0.3) is 0 Å². The molecule has 1 heterocycles. The van der Waals surface area contributed by atoms with Gasteiger partial charge in [-0.05, 0) is 23.9 Å². The van der Waals surface area contributed by atoms with Crippen LogP contribution in [0, 0.1) is 6.92 Å². The van der Waals surface area contributed by atoms with Crippen LogP contribution in [0.5, 0.6) is 0 Å². The summed E-state index contributed by atoms with van der Waals surface area (Å²) in [6.45, 7) is 2.00. The van der Waals surface area contributed by atoms with Crippen molar-refractivity contribution < 1.29 is 4.79 Å². The number of carbonyl (C=O) groups excluding carboxylic acids is 1. The average molecular weight is 168 g/mol. The number of nitrogens with zero attached hydrogens (tertiary/aromatic N) is 1. The number of hydrazone groups is 1. The molecule has 58 valence electrons. The van der Waals surface area contributed by atoms with E-state index >= 15 is 0 Å². The highest BCUT2D eigenvalue weighted by Crippen LogP contribution is 2.11. The van der Waals surface area contributed by atoms with E-state index in [2.05, 4.69) is 10.5 Å². The van der Waals surface area contributed by atoms with E-state index in [4.69, 9.17) is 0 Å². The van der Waals surface area contributed by atoms with Gasteiger partial charge in [-0.2, -0.15) is 5.10 Å². The molecule has 1 rings (SSSR count). The fourth-order valence-electron chi connectivity index (χ4n) is 0.643. The Morgan fingerprint density at radius 1 is 1.73 bits per heavy atom. The van der Waals surface area contributed by atoms with Crippen LogP contribution in [0.1, 0.15) is 10.4 Å². The summed E-state index contributed by atoms with van der Waals surface area (Å²) in [5, 5.41) is 5.64. The lowest BCUT2D eigenvalue weighted by Crippen LogP contribution is -2.00. The predicted octanol–water partition coefficient (Wildman–Crippen LogP) is 1.14. The summed E-state index contributed by atoms with van der Waals surface area (Å²) in [6.07, 6.45) is 2.17. The zero-order valence-corrected chi connectivity index (χ0v) is 6.89. The minimum atomic E-state index is 0.541. The molecule has 4 heteroatoms. The van der Waals surface area contributed by atoms with Gasteiger partial charge in [0.15, 0.2) is 0 Å². The molecule has 11 heavy (non-hydrogen) atoms. The van der Waals surface area contributed by atoms with Gasteiger partial charge in [0, 0.05) is 4.88 Å². The number of amides is 1. The van der Waals surface area contributed by atoms with Crippen LogP contribution in [0.4, 0.5) is 0 Å². The van der Waals surface area contributed by atoms with Gasteiger partial charge in [-0.25, -0.2) is 5.43 Å². The summed E-state index contributed by atoms with van der Waals surface area (Å²) in [5.41, 5.74) is 3.38. The molecule has 0 aliphatic rings. The number of hydrogen-bond donors (Lipinski definition) is 1. The SMILES string of the molecule is Cc1ccsc1/C=N\NC=O. The molecule has 0 atom stereocenters. The number of nitrogens with one attached hydrogen (secondary N) is 1. The monoisotopic (exact) mass is 168 g/mol. The molecule has 3 nitrogen and oxygen atoms in total. The molecular formula is C7H8N2OS. The van der Waals surface area contributed by atoms with Crippen molar-refractivity contribution in [3.8, 4) is 0 Å². The van der Waals surface area contributed by atoms with Gasteiger partial charge in [0.1, 0.15) is 0 Å². The number of hydrogen-bond acceptors (Lipinski definition) is 3. The third-order valence-corrected chi connectivity index (χ3v) is 2.16. The highest BCUT2D eigenvalue weighted by atomic mass is 32.1. The molecule has 0 aliphatic heterocycles. The molecule has 0 saturated carbocycles.